The van der Waals surface area contributed by atoms with Gasteiger partial charge in [-0.05, 0) is 67.2 Å². The van der Waals surface area contributed by atoms with Crippen molar-refractivity contribution in [1.82, 2.24) is 5.32 Å². The Kier molecular flexibility index (Phi) is 8.84. The van der Waals surface area contributed by atoms with Crippen LogP contribution in [0.1, 0.15) is 34.1 Å². The largest absolute Gasteiger partial charge is 0.494 e. The summed E-state index contributed by atoms with van der Waals surface area (Å²) < 4.78 is 10.9. The smallest absolute Gasteiger partial charge is 0.257 e. The predicted octanol–water partition coefficient (Wildman–Crippen LogP) is 5.52. The highest BCUT2D eigenvalue weighted by Gasteiger charge is 2.14. The van der Waals surface area contributed by atoms with E-state index in [0.717, 1.165) is 6.42 Å². The van der Waals surface area contributed by atoms with Crippen molar-refractivity contribution in [2.24, 2.45) is 0 Å². The first-order valence-corrected chi connectivity index (χ1v) is 11.3. The van der Waals surface area contributed by atoms with Crippen molar-refractivity contribution in [2.75, 3.05) is 24.4 Å². The van der Waals surface area contributed by atoms with E-state index in [1.165, 1.54) is 7.11 Å². The van der Waals surface area contributed by atoms with Gasteiger partial charge in [-0.1, -0.05) is 30.7 Å². The van der Waals surface area contributed by atoms with Crippen LogP contribution in [0.4, 0.5) is 11.4 Å². The number of thiocarbonyl (C=S) groups is 1. The zero-order valence-corrected chi connectivity index (χ0v) is 20.3. The van der Waals surface area contributed by atoms with Crippen LogP contribution in [0, 0.1) is 0 Å². The first-order chi connectivity index (χ1) is 16.4. The van der Waals surface area contributed by atoms with E-state index in [9.17, 15) is 9.59 Å². The molecular formula is C25H24ClN3O4S. The maximum atomic E-state index is 12.6. The van der Waals surface area contributed by atoms with Crippen LogP contribution in [0.3, 0.4) is 0 Å². The number of hydrogen-bond acceptors (Lipinski definition) is 5. The number of anilines is 2. The lowest BCUT2D eigenvalue weighted by Gasteiger charge is -2.14. The summed E-state index contributed by atoms with van der Waals surface area (Å²) in [5.41, 5.74) is 1.82. The van der Waals surface area contributed by atoms with E-state index < -0.39 is 0 Å². The van der Waals surface area contributed by atoms with E-state index in [1.54, 1.807) is 66.7 Å². The predicted molar refractivity (Wildman–Crippen MR) is 138 cm³/mol. The molecule has 0 fully saturated rings. The molecule has 0 aliphatic heterocycles. The third kappa shape index (κ3) is 6.69. The molecule has 3 aromatic rings. The average Bonchev–Trinajstić information content (AvgIpc) is 2.84. The summed E-state index contributed by atoms with van der Waals surface area (Å²) in [5, 5.41) is 8.82. The van der Waals surface area contributed by atoms with Crippen molar-refractivity contribution in [3.05, 3.63) is 82.9 Å². The van der Waals surface area contributed by atoms with Gasteiger partial charge < -0.3 is 20.1 Å². The Labute approximate surface area is 208 Å². The van der Waals surface area contributed by atoms with Crippen molar-refractivity contribution >= 4 is 52.1 Å². The highest BCUT2D eigenvalue weighted by Crippen LogP contribution is 2.29. The fraction of sp³-hybridized carbons (Fsp3) is 0.160. The average molecular weight is 498 g/mol. The number of rotatable bonds is 8. The summed E-state index contributed by atoms with van der Waals surface area (Å²) >= 11 is 11.4. The Hall–Kier alpha value is -3.62. The van der Waals surface area contributed by atoms with Gasteiger partial charge in [0.1, 0.15) is 11.5 Å². The topological polar surface area (TPSA) is 88.7 Å². The summed E-state index contributed by atoms with van der Waals surface area (Å²) in [7, 11) is 1.48. The number of ether oxygens (including phenoxy) is 2. The first-order valence-electron chi connectivity index (χ1n) is 10.5. The summed E-state index contributed by atoms with van der Waals surface area (Å²) in [6, 6.07) is 18.6. The van der Waals surface area contributed by atoms with E-state index >= 15 is 0 Å². The first kappa shape index (κ1) is 25.0. The molecule has 0 heterocycles. The highest BCUT2D eigenvalue weighted by atomic mass is 35.5. The van der Waals surface area contributed by atoms with Gasteiger partial charge in [-0.25, -0.2) is 0 Å². The Bertz CT molecular complexity index is 1190. The molecule has 0 aliphatic carbocycles. The van der Waals surface area contributed by atoms with Gasteiger partial charge in [0, 0.05) is 17.3 Å². The van der Waals surface area contributed by atoms with Crippen LogP contribution in [0.15, 0.2) is 66.7 Å². The van der Waals surface area contributed by atoms with Crippen LogP contribution in [0.5, 0.6) is 11.5 Å². The van der Waals surface area contributed by atoms with Crippen molar-refractivity contribution < 1.29 is 19.1 Å². The SMILES string of the molecule is CCCOc1ccc(C(=O)NC(=S)Nc2ccc(NC(=O)c3ccccc3Cl)c(OC)c2)cc1. The minimum atomic E-state index is -0.362. The summed E-state index contributed by atoms with van der Waals surface area (Å²) in [6.45, 7) is 2.64. The van der Waals surface area contributed by atoms with E-state index in [2.05, 4.69) is 16.0 Å². The Morgan fingerprint density at radius 3 is 2.38 bits per heavy atom. The number of carbonyl (C=O) groups is 2. The summed E-state index contributed by atoms with van der Waals surface area (Å²) in [6.07, 6.45) is 0.904. The number of halogens is 1. The number of carbonyl (C=O) groups excluding carboxylic acids is 2. The van der Waals surface area contributed by atoms with Crippen LogP contribution >= 0.6 is 23.8 Å². The van der Waals surface area contributed by atoms with Crippen molar-refractivity contribution in [3.8, 4) is 11.5 Å². The molecule has 0 radical (unpaired) electrons. The Morgan fingerprint density at radius 1 is 0.971 bits per heavy atom. The third-order valence-corrected chi connectivity index (χ3v) is 5.18. The van der Waals surface area contributed by atoms with Crippen LogP contribution in [0.25, 0.3) is 0 Å². The maximum absolute atomic E-state index is 12.6. The maximum Gasteiger partial charge on any atom is 0.257 e. The van der Waals surface area contributed by atoms with Crippen LogP contribution in [-0.4, -0.2) is 30.6 Å². The van der Waals surface area contributed by atoms with Gasteiger partial charge >= 0.3 is 0 Å². The van der Waals surface area contributed by atoms with E-state index in [1.807, 2.05) is 6.92 Å². The van der Waals surface area contributed by atoms with Gasteiger partial charge in [0.2, 0.25) is 0 Å². The molecule has 9 heteroatoms. The lowest BCUT2D eigenvalue weighted by atomic mass is 10.2. The number of methoxy groups -OCH3 is 1. The molecule has 3 aromatic carbocycles. The molecule has 7 nitrogen and oxygen atoms in total. The molecule has 0 saturated carbocycles. The molecule has 0 saturated heterocycles. The van der Waals surface area contributed by atoms with Crippen LogP contribution in [-0.2, 0) is 0 Å². The second-order valence-corrected chi connectivity index (χ2v) is 7.95. The lowest BCUT2D eigenvalue weighted by Crippen LogP contribution is -2.34. The van der Waals surface area contributed by atoms with Crippen LogP contribution in [0.2, 0.25) is 5.02 Å². The minimum Gasteiger partial charge on any atom is -0.494 e. The monoisotopic (exact) mass is 497 g/mol. The van der Waals surface area contributed by atoms with Crippen molar-refractivity contribution in [1.29, 1.82) is 0 Å². The zero-order chi connectivity index (χ0) is 24.5. The second-order valence-electron chi connectivity index (χ2n) is 7.13. The molecular weight excluding hydrogens is 474 g/mol. The summed E-state index contributed by atoms with van der Waals surface area (Å²) in [5.74, 6) is 0.392. The number of hydrogen-bond donors (Lipinski definition) is 3. The van der Waals surface area contributed by atoms with Crippen molar-refractivity contribution in [3.63, 3.8) is 0 Å². The normalized spacial score (nSPS) is 10.2. The minimum absolute atomic E-state index is 0.117. The number of amides is 2. The molecule has 3 rings (SSSR count). The molecule has 0 bridgehead atoms. The second kappa shape index (κ2) is 12.0. The third-order valence-electron chi connectivity index (χ3n) is 4.64. The Balaban J connectivity index is 1.62. The molecule has 0 aliphatic rings. The van der Waals surface area contributed by atoms with Gasteiger partial charge in [0.05, 0.1) is 30.0 Å². The molecule has 34 heavy (non-hydrogen) atoms. The van der Waals surface area contributed by atoms with Gasteiger partial charge in [-0.15, -0.1) is 0 Å². The molecule has 0 spiro atoms. The van der Waals surface area contributed by atoms with E-state index in [-0.39, 0.29) is 16.9 Å². The molecule has 0 aromatic heterocycles. The molecule has 3 N–H and O–H groups in total. The van der Waals surface area contributed by atoms with Gasteiger partial charge in [0.15, 0.2) is 5.11 Å². The van der Waals surface area contributed by atoms with E-state index in [0.29, 0.717) is 45.6 Å². The van der Waals surface area contributed by atoms with Crippen molar-refractivity contribution in [2.45, 2.75) is 13.3 Å². The van der Waals surface area contributed by atoms with E-state index in [4.69, 9.17) is 33.3 Å². The standard InChI is InChI=1S/C25H24ClN3O4S/c1-3-14-33-18-11-8-16(9-12-18)23(30)29-25(34)27-17-10-13-21(22(15-17)32-2)28-24(31)19-6-4-5-7-20(19)26/h4-13,15H,3,14H2,1-2H3,(H,28,31)(H2,27,29,30,34). The van der Waals surface area contributed by atoms with Crippen LogP contribution < -0.4 is 25.4 Å². The Morgan fingerprint density at radius 2 is 1.71 bits per heavy atom. The fourth-order valence-corrected chi connectivity index (χ4v) is 3.40. The molecule has 2 amide bonds. The van der Waals surface area contributed by atoms with Gasteiger partial charge in [0.25, 0.3) is 11.8 Å². The summed E-state index contributed by atoms with van der Waals surface area (Å²) in [4.78, 5) is 25.0. The molecule has 176 valence electrons. The lowest BCUT2D eigenvalue weighted by molar-refractivity contribution is 0.0976. The number of benzene rings is 3. The number of nitrogens with one attached hydrogen (secondary N) is 3. The molecule has 0 atom stereocenters. The van der Waals surface area contributed by atoms with Gasteiger partial charge in [-0.2, -0.15) is 0 Å². The van der Waals surface area contributed by atoms with Gasteiger partial charge in [-0.3, -0.25) is 14.9 Å². The fourth-order valence-electron chi connectivity index (χ4n) is 2.97. The highest BCUT2D eigenvalue weighted by molar-refractivity contribution is 7.80. The molecule has 0 unspecified atom stereocenters. The quantitative estimate of drug-likeness (QED) is 0.355. The zero-order valence-electron chi connectivity index (χ0n) is 18.7.